The first kappa shape index (κ1) is 13.3. The summed E-state index contributed by atoms with van der Waals surface area (Å²) in [5, 5.41) is 0. The minimum absolute atomic E-state index is 0.131. The molecule has 0 aliphatic heterocycles. The summed E-state index contributed by atoms with van der Waals surface area (Å²) in [4.78, 5) is 10.6. The third-order valence-corrected chi connectivity index (χ3v) is 1.93. The van der Waals surface area contributed by atoms with Crippen LogP contribution in [0, 0.1) is 5.41 Å². The SMILES string of the molecule is COC(=O)COCCC(C)(C)C(F)F. The fourth-order valence-corrected chi connectivity index (χ4v) is 0.659. The molecule has 0 fully saturated rings. The van der Waals surface area contributed by atoms with Gasteiger partial charge in [0.25, 0.3) is 0 Å². The first-order valence-corrected chi connectivity index (χ1v) is 4.33. The Labute approximate surface area is 82.4 Å². The minimum Gasteiger partial charge on any atom is -0.467 e. The quantitative estimate of drug-likeness (QED) is 0.496. The van der Waals surface area contributed by atoms with Crippen molar-refractivity contribution in [2.75, 3.05) is 20.3 Å². The van der Waals surface area contributed by atoms with Crippen LogP contribution in [-0.2, 0) is 14.3 Å². The molecule has 0 saturated carbocycles. The second kappa shape index (κ2) is 5.90. The number of methoxy groups -OCH3 is 1. The molecule has 0 heterocycles. The van der Waals surface area contributed by atoms with E-state index in [2.05, 4.69) is 4.74 Å². The lowest BCUT2D eigenvalue weighted by atomic mass is 9.90. The van der Waals surface area contributed by atoms with Gasteiger partial charge in [-0.15, -0.1) is 0 Å². The fraction of sp³-hybridized carbons (Fsp3) is 0.889. The molecule has 3 nitrogen and oxygen atoms in total. The lowest BCUT2D eigenvalue weighted by Gasteiger charge is -2.22. The fourth-order valence-electron chi connectivity index (χ4n) is 0.659. The van der Waals surface area contributed by atoms with Gasteiger partial charge in [-0.3, -0.25) is 0 Å². The Morgan fingerprint density at radius 3 is 2.43 bits per heavy atom. The standard InChI is InChI=1S/C9H16F2O3/c1-9(2,8(10)11)4-5-14-6-7(12)13-3/h8H,4-6H2,1-3H3. The molecule has 5 heteroatoms. The largest absolute Gasteiger partial charge is 0.467 e. The van der Waals surface area contributed by atoms with Crippen LogP contribution in [0.2, 0.25) is 0 Å². The minimum atomic E-state index is -2.38. The first-order valence-electron chi connectivity index (χ1n) is 4.33. The van der Waals surface area contributed by atoms with E-state index in [0.29, 0.717) is 0 Å². The van der Waals surface area contributed by atoms with E-state index >= 15 is 0 Å². The number of rotatable bonds is 6. The van der Waals surface area contributed by atoms with Crippen molar-refractivity contribution < 1.29 is 23.0 Å². The highest BCUT2D eigenvalue weighted by Gasteiger charge is 2.28. The van der Waals surface area contributed by atoms with Gasteiger partial charge in [-0.25, -0.2) is 13.6 Å². The van der Waals surface area contributed by atoms with Crippen LogP contribution < -0.4 is 0 Å². The van der Waals surface area contributed by atoms with Gasteiger partial charge in [0.2, 0.25) is 6.43 Å². The molecule has 0 aliphatic carbocycles. The third-order valence-electron chi connectivity index (χ3n) is 1.93. The Bertz CT molecular complexity index is 181. The van der Waals surface area contributed by atoms with Gasteiger partial charge in [-0.2, -0.15) is 0 Å². The number of halogens is 2. The van der Waals surface area contributed by atoms with E-state index in [1.165, 1.54) is 21.0 Å². The Morgan fingerprint density at radius 2 is 2.00 bits per heavy atom. The maximum Gasteiger partial charge on any atom is 0.331 e. The first-order chi connectivity index (χ1) is 6.40. The molecule has 0 aliphatic rings. The Morgan fingerprint density at radius 1 is 1.43 bits per heavy atom. The number of carbonyl (C=O) groups excluding carboxylic acids is 1. The van der Waals surface area contributed by atoms with E-state index < -0.39 is 17.8 Å². The van der Waals surface area contributed by atoms with Crippen LogP contribution in [0.5, 0.6) is 0 Å². The topological polar surface area (TPSA) is 35.5 Å². The second-order valence-electron chi connectivity index (χ2n) is 3.67. The molecule has 0 rings (SSSR count). The van der Waals surface area contributed by atoms with Gasteiger partial charge in [0.05, 0.1) is 7.11 Å². The summed E-state index contributed by atoms with van der Waals surface area (Å²) in [5.41, 5.74) is -1.07. The smallest absolute Gasteiger partial charge is 0.331 e. The van der Waals surface area contributed by atoms with E-state index in [1.54, 1.807) is 0 Å². The summed E-state index contributed by atoms with van der Waals surface area (Å²) >= 11 is 0. The zero-order valence-corrected chi connectivity index (χ0v) is 8.68. The van der Waals surface area contributed by atoms with Crippen molar-refractivity contribution in [2.45, 2.75) is 26.7 Å². The molecule has 14 heavy (non-hydrogen) atoms. The number of hydrogen-bond acceptors (Lipinski definition) is 3. The van der Waals surface area contributed by atoms with Gasteiger partial charge >= 0.3 is 5.97 Å². The summed E-state index contributed by atoms with van der Waals surface area (Å²) in [6.45, 7) is 2.86. The van der Waals surface area contributed by atoms with Crippen LogP contribution in [0.3, 0.4) is 0 Å². The molecule has 0 unspecified atom stereocenters. The summed E-state index contributed by atoms with van der Waals surface area (Å²) in [6, 6.07) is 0. The summed E-state index contributed by atoms with van der Waals surface area (Å²) < 4.78 is 33.8. The third kappa shape index (κ3) is 5.11. The molecule has 0 aromatic rings. The summed E-state index contributed by atoms with van der Waals surface area (Å²) in [6.07, 6.45) is -2.17. The molecule has 0 N–H and O–H groups in total. The van der Waals surface area contributed by atoms with Gasteiger partial charge in [0.15, 0.2) is 0 Å². The molecule has 0 amide bonds. The number of alkyl halides is 2. The Hall–Kier alpha value is -0.710. The van der Waals surface area contributed by atoms with Crippen LogP contribution in [0.4, 0.5) is 8.78 Å². The van der Waals surface area contributed by atoms with E-state index in [-0.39, 0.29) is 19.6 Å². The predicted molar refractivity (Wildman–Crippen MR) is 47.2 cm³/mol. The van der Waals surface area contributed by atoms with Gasteiger partial charge < -0.3 is 9.47 Å². The van der Waals surface area contributed by atoms with Gasteiger partial charge in [0.1, 0.15) is 6.61 Å². The lowest BCUT2D eigenvalue weighted by molar-refractivity contribution is -0.146. The van der Waals surface area contributed by atoms with Crippen LogP contribution in [-0.4, -0.2) is 32.7 Å². The van der Waals surface area contributed by atoms with Crippen molar-refractivity contribution in [3.8, 4) is 0 Å². The molecule has 0 atom stereocenters. The molecular formula is C9H16F2O3. The molecule has 0 aromatic carbocycles. The predicted octanol–water partition coefficient (Wildman–Crippen LogP) is 1.86. The van der Waals surface area contributed by atoms with Gasteiger partial charge in [0, 0.05) is 12.0 Å². The van der Waals surface area contributed by atoms with Crippen molar-refractivity contribution in [1.82, 2.24) is 0 Å². The lowest BCUT2D eigenvalue weighted by Crippen LogP contribution is -2.24. The monoisotopic (exact) mass is 210 g/mol. The van der Waals surface area contributed by atoms with Crippen molar-refractivity contribution in [1.29, 1.82) is 0 Å². The number of hydrogen-bond donors (Lipinski definition) is 0. The highest BCUT2D eigenvalue weighted by atomic mass is 19.3. The summed E-state index contributed by atoms with van der Waals surface area (Å²) in [5.74, 6) is -0.500. The highest BCUT2D eigenvalue weighted by Crippen LogP contribution is 2.28. The van der Waals surface area contributed by atoms with E-state index in [1.807, 2.05) is 0 Å². The molecule has 84 valence electrons. The number of ether oxygens (including phenoxy) is 2. The average molecular weight is 210 g/mol. The van der Waals surface area contributed by atoms with E-state index in [4.69, 9.17) is 4.74 Å². The van der Waals surface area contributed by atoms with Crippen molar-refractivity contribution in [3.05, 3.63) is 0 Å². The Kier molecular flexibility index (Phi) is 5.60. The maximum absolute atomic E-state index is 12.3. The molecule has 0 radical (unpaired) electrons. The number of esters is 1. The van der Waals surface area contributed by atoms with Gasteiger partial charge in [-0.1, -0.05) is 13.8 Å². The molecule has 0 aromatic heterocycles. The maximum atomic E-state index is 12.3. The van der Waals surface area contributed by atoms with Crippen molar-refractivity contribution in [2.24, 2.45) is 5.41 Å². The normalized spacial score (nSPS) is 11.9. The van der Waals surface area contributed by atoms with Crippen molar-refractivity contribution >= 4 is 5.97 Å². The Balaban J connectivity index is 3.59. The zero-order chi connectivity index (χ0) is 11.2. The van der Waals surface area contributed by atoms with Gasteiger partial charge in [-0.05, 0) is 6.42 Å². The zero-order valence-electron chi connectivity index (χ0n) is 8.68. The molecule has 0 spiro atoms. The van der Waals surface area contributed by atoms with E-state index in [9.17, 15) is 13.6 Å². The van der Waals surface area contributed by atoms with Crippen molar-refractivity contribution in [3.63, 3.8) is 0 Å². The van der Waals surface area contributed by atoms with Crippen LogP contribution in [0.25, 0.3) is 0 Å². The highest BCUT2D eigenvalue weighted by molar-refractivity contribution is 5.70. The van der Waals surface area contributed by atoms with Crippen LogP contribution in [0.1, 0.15) is 20.3 Å². The second-order valence-corrected chi connectivity index (χ2v) is 3.67. The van der Waals surface area contributed by atoms with Crippen LogP contribution >= 0.6 is 0 Å². The molecule has 0 bridgehead atoms. The molecule has 0 saturated heterocycles. The average Bonchev–Trinajstić information content (AvgIpc) is 2.11. The van der Waals surface area contributed by atoms with E-state index in [0.717, 1.165) is 0 Å². The number of carbonyl (C=O) groups is 1. The molecular weight excluding hydrogens is 194 g/mol. The summed E-state index contributed by atoms with van der Waals surface area (Å²) in [7, 11) is 1.24. The van der Waals surface area contributed by atoms with Crippen LogP contribution in [0.15, 0.2) is 0 Å².